The lowest BCUT2D eigenvalue weighted by Crippen LogP contribution is -1.91. The van der Waals surface area contributed by atoms with Crippen molar-refractivity contribution >= 4 is 47.8 Å². The van der Waals surface area contributed by atoms with Crippen LogP contribution in [0.1, 0.15) is 0 Å². The van der Waals surface area contributed by atoms with E-state index in [0.717, 1.165) is 4.47 Å². The van der Waals surface area contributed by atoms with Crippen LogP contribution in [-0.2, 0) is 0 Å². The van der Waals surface area contributed by atoms with E-state index >= 15 is 0 Å². The number of benzene rings is 1. The van der Waals surface area contributed by atoms with E-state index in [9.17, 15) is 4.39 Å². The van der Waals surface area contributed by atoms with Crippen LogP contribution >= 0.6 is 47.8 Å². The zero-order valence-corrected chi connectivity index (χ0v) is 13.0. The Morgan fingerprint density at radius 2 is 1.82 bits per heavy atom. The van der Waals surface area contributed by atoms with Crippen molar-refractivity contribution in [2.75, 3.05) is 0 Å². The largest absolute Gasteiger partial charge is 0.437 e. The summed E-state index contributed by atoms with van der Waals surface area (Å²) < 4.78 is 20.8. The molecule has 1 aromatic carbocycles. The summed E-state index contributed by atoms with van der Waals surface area (Å²) in [6.07, 6.45) is 1.60. The first-order valence-electron chi connectivity index (χ1n) is 4.50. The van der Waals surface area contributed by atoms with Crippen LogP contribution in [0.3, 0.4) is 0 Å². The molecule has 0 unspecified atom stereocenters. The Morgan fingerprint density at radius 1 is 1.06 bits per heavy atom. The Bertz CT molecular complexity index is 562. The van der Waals surface area contributed by atoms with E-state index in [1.807, 2.05) is 0 Å². The number of hydrogen-bond donors (Lipinski definition) is 0. The molecule has 0 aliphatic rings. The summed E-state index contributed by atoms with van der Waals surface area (Å²) >= 11 is 9.89. The molecule has 0 fully saturated rings. The van der Waals surface area contributed by atoms with Crippen molar-refractivity contribution in [3.63, 3.8) is 0 Å². The van der Waals surface area contributed by atoms with Crippen LogP contribution in [-0.4, -0.2) is 4.98 Å². The van der Waals surface area contributed by atoms with Gasteiger partial charge in [0.2, 0.25) is 5.88 Å². The van der Waals surface area contributed by atoms with Gasteiger partial charge in [0.15, 0.2) is 0 Å². The van der Waals surface area contributed by atoms with Gasteiger partial charge in [-0.05, 0) is 66.0 Å². The minimum Gasteiger partial charge on any atom is -0.437 e. The van der Waals surface area contributed by atoms with Crippen LogP contribution < -0.4 is 4.74 Å². The summed E-state index contributed by atoms with van der Waals surface area (Å²) in [5, 5.41) is 0. The van der Waals surface area contributed by atoms with Crippen molar-refractivity contribution in [3.05, 3.63) is 49.7 Å². The van der Waals surface area contributed by atoms with Crippen molar-refractivity contribution in [2.24, 2.45) is 0 Å². The Morgan fingerprint density at radius 3 is 2.53 bits per heavy atom. The summed E-state index contributed by atoms with van der Waals surface area (Å²) in [6, 6.07) is 6.02. The molecule has 0 aliphatic heterocycles. The molecule has 0 spiro atoms. The first-order valence-corrected chi connectivity index (χ1v) is 6.88. The molecule has 6 heteroatoms. The molecule has 2 nitrogen and oxygen atoms in total. The SMILES string of the molecule is Fc1ccc(Br)c(Oc2ncc(Br)cc2Br)c1. The van der Waals surface area contributed by atoms with Crippen molar-refractivity contribution in [1.29, 1.82) is 0 Å². The molecule has 0 radical (unpaired) electrons. The van der Waals surface area contributed by atoms with Gasteiger partial charge >= 0.3 is 0 Å². The second kappa shape index (κ2) is 5.46. The Hall–Kier alpha value is -0.460. The normalized spacial score (nSPS) is 10.4. The Labute approximate surface area is 123 Å². The first-order chi connectivity index (χ1) is 8.06. The molecule has 17 heavy (non-hydrogen) atoms. The predicted octanol–water partition coefficient (Wildman–Crippen LogP) is 5.30. The van der Waals surface area contributed by atoms with E-state index < -0.39 is 0 Å². The number of rotatable bonds is 2. The molecule has 0 bridgehead atoms. The van der Waals surface area contributed by atoms with E-state index in [-0.39, 0.29) is 5.82 Å². The van der Waals surface area contributed by atoms with Crippen LogP contribution in [0.4, 0.5) is 4.39 Å². The molecule has 2 aromatic rings. The maximum absolute atomic E-state index is 13.1. The van der Waals surface area contributed by atoms with Crippen molar-refractivity contribution < 1.29 is 9.13 Å². The van der Waals surface area contributed by atoms with Gasteiger partial charge in [-0.2, -0.15) is 0 Å². The van der Waals surface area contributed by atoms with Gasteiger partial charge in [0.25, 0.3) is 0 Å². The minimum atomic E-state index is -0.364. The lowest BCUT2D eigenvalue weighted by Gasteiger charge is -2.08. The number of aromatic nitrogens is 1. The zero-order valence-electron chi connectivity index (χ0n) is 8.25. The molecular weight excluding hydrogens is 421 g/mol. The van der Waals surface area contributed by atoms with E-state index in [4.69, 9.17) is 4.74 Å². The maximum Gasteiger partial charge on any atom is 0.233 e. The number of nitrogens with zero attached hydrogens (tertiary/aromatic N) is 1. The van der Waals surface area contributed by atoms with Gasteiger partial charge in [0.1, 0.15) is 11.6 Å². The highest BCUT2D eigenvalue weighted by molar-refractivity contribution is 9.11. The van der Waals surface area contributed by atoms with Gasteiger partial charge in [0, 0.05) is 16.7 Å². The molecule has 0 saturated carbocycles. The van der Waals surface area contributed by atoms with Gasteiger partial charge in [-0.15, -0.1) is 0 Å². The monoisotopic (exact) mass is 423 g/mol. The maximum atomic E-state index is 13.1. The Balaban J connectivity index is 2.34. The first kappa shape index (κ1) is 13.0. The van der Waals surface area contributed by atoms with E-state index in [1.165, 1.54) is 12.1 Å². The number of pyridine rings is 1. The third kappa shape index (κ3) is 3.26. The van der Waals surface area contributed by atoms with E-state index in [2.05, 4.69) is 52.8 Å². The van der Waals surface area contributed by atoms with Crippen LogP contribution in [0.25, 0.3) is 0 Å². The number of hydrogen-bond acceptors (Lipinski definition) is 2. The molecule has 2 rings (SSSR count). The predicted molar refractivity (Wildman–Crippen MR) is 73.8 cm³/mol. The van der Waals surface area contributed by atoms with E-state index in [0.29, 0.717) is 20.6 Å². The van der Waals surface area contributed by atoms with E-state index in [1.54, 1.807) is 18.3 Å². The lowest BCUT2D eigenvalue weighted by atomic mass is 10.3. The highest BCUT2D eigenvalue weighted by Crippen LogP contribution is 2.33. The third-order valence-corrected chi connectivity index (χ3v) is 3.53. The molecule has 0 atom stereocenters. The second-order valence-corrected chi connectivity index (χ2v) is 5.74. The fraction of sp³-hybridized carbons (Fsp3) is 0. The molecule has 0 N–H and O–H groups in total. The molecular formula is C11H5Br3FNO. The average molecular weight is 426 g/mol. The topological polar surface area (TPSA) is 22.1 Å². The Kier molecular flexibility index (Phi) is 4.17. The summed E-state index contributed by atoms with van der Waals surface area (Å²) in [5.74, 6) is 0.386. The third-order valence-electron chi connectivity index (χ3n) is 1.87. The molecule has 0 amide bonds. The fourth-order valence-corrected chi connectivity index (χ4v) is 2.53. The van der Waals surface area contributed by atoms with Crippen LogP contribution in [0.15, 0.2) is 43.9 Å². The number of ether oxygens (including phenoxy) is 1. The highest BCUT2D eigenvalue weighted by atomic mass is 79.9. The van der Waals surface area contributed by atoms with Crippen LogP contribution in [0, 0.1) is 5.82 Å². The molecule has 0 saturated heterocycles. The highest BCUT2D eigenvalue weighted by Gasteiger charge is 2.08. The second-order valence-electron chi connectivity index (χ2n) is 3.12. The van der Waals surface area contributed by atoms with Crippen molar-refractivity contribution in [3.8, 4) is 11.6 Å². The minimum absolute atomic E-state index is 0.364. The lowest BCUT2D eigenvalue weighted by molar-refractivity contribution is 0.452. The molecule has 0 aliphatic carbocycles. The number of halogens is 4. The van der Waals surface area contributed by atoms with Gasteiger partial charge in [-0.25, -0.2) is 9.37 Å². The zero-order chi connectivity index (χ0) is 12.4. The summed E-state index contributed by atoms with van der Waals surface area (Å²) in [7, 11) is 0. The smallest absolute Gasteiger partial charge is 0.233 e. The summed E-state index contributed by atoms with van der Waals surface area (Å²) in [5.41, 5.74) is 0. The van der Waals surface area contributed by atoms with Gasteiger partial charge < -0.3 is 4.74 Å². The van der Waals surface area contributed by atoms with Crippen molar-refractivity contribution in [2.45, 2.75) is 0 Å². The fourth-order valence-electron chi connectivity index (χ4n) is 1.14. The quantitative estimate of drug-likeness (QED) is 0.651. The van der Waals surface area contributed by atoms with Crippen LogP contribution in [0.5, 0.6) is 11.6 Å². The van der Waals surface area contributed by atoms with Crippen LogP contribution in [0.2, 0.25) is 0 Å². The molecule has 1 heterocycles. The summed E-state index contributed by atoms with van der Waals surface area (Å²) in [6.45, 7) is 0. The van der Waals surface area contributed by atoms with Gasteiger partial charge in [-0.1, -0.05) is 0 Å². The summed E-state index contributed by atoms with van der Waals surface area (Å²) in [4.78, 5) is 4.08. The van der Waals surface area contributed by atoms with Gasteiger partial charge in [0.05, 0.1) is 8.95 Å². The van der Waals surface area contributed by atoms with Gasteiger partial charge in [-0.3, -0.25) is 0 Å². The molecule has 88 valence electrons. The standard InChI is InChI=1S/C11H5Br3FNO/c12-6-3-9(14)11(16-5-6)17-10-4-7(15)1-2-8(10)13/h1-5H. The average Bonchev–Trinajstić information content (AvgIpc) is 2.27. The molecule has 1 aromatic heterocycles. The van der Waals surface area contributed by atoms with Crippen molar-refractivity contribution in [1.82, 2.24) is 4.98 Å².